The van der Waals surface area contributed by atoms with Gasteiger partial charge in [0.15, 0.2) is 0 Å². The van der Waals surface area contributed by atoms with Gasteiger partial charge in [0, 0.05) is 33.8 Å². The van der Waals surface area contributed by atoms with Crippen LogP contribution in [0.5, 0.6) is 0 Å². The Balaban J connectivity index is 1.37. The Hall–Kier alpha value is -4.70. The van der Waals surface area contributed by atoms with E-state index in [1.807, 2.05) is 0 Å². The first-order valence-electron chi connectivity index (χ1n) is 23.6. The highest BCUT2D eigenvalue weighted by Gasteiger charge is 2.50. The fourth-order valence-electron chi connectivity index (χ4n) is 11.7. The van der Waals surface area contributed by atoms with Crippen molar-refractivity contribution in [3.05, 3.63) is 123 Å². The predicted octanol–water partition coefficient (Wildman–Crippen LogP) is 14.4. The van der Waals surface area contributed by atoms with Crippen LogP contribution in [0.15, 0.2) is 83.3 Å². The molecule has 0 saturated carbocycles. The molecule has 2 aliphatic heterocycles. The fraction of sp³-hybridized carbons (Fsp3) is 0.448. The first-order valence-corrected chi connectivity index (χ1v) is 23.6. The number of furan rings is 1. The summed E-state index contributed by atoms with van der Waals surface area (Å²) in [4.78, 5) is 5.28. The number of fused-ring (bicyclic) bond motifs is 8. The summed E-state index contributed by atoms with van der Waals surface area (Å²) in [5.74, 6) is 0. The van der Waals surface area contributed by atoms with Gasteiger partial charge < -0.3 is 14.2 Å². The number of anilines is 6. The van der Waals surface area contributed by atoms with E-state index in [1.54, 1.807) is 0 Å². The smallest absolute Gasteiger partial charge is 0.297 e. The molecule has 10 rings (SSSR count). The maximum absolute atomic E-state index is 7.34. The van der Waals surface area contributed by atoms with Crippen LogP contribution in [0, 0.1) is 13.8 Å². The van der Waals surface area contributed by atoms with Gasteiger partial charge in [0.25, 0.3) is 6.71 Å². The van der Waals surface area contributed by atoms with E-state index in [9.17, 15) is 0 Å². The molecule has 4 heteroatoms. The van der Waals surface area contributed by atoms with Crippen LogP contribution in [-0.4, -0.2) is 6.71 Å². The molecule has 0 spiro atoms. The Morgan fingerprint density at radius 1 is 0.516 bits per heavy atom. The van der Waals surface area contributed by atoms with Gasteiger partial charge in [0.05, 0.1) is 11.3 Å². The largest absolute Gasteiger partial charge is 0.468 e. The molecule has 2 aliphatic carbocycles. The maximum atomic E-state index is 7.34. The van der Waals surface area contributed by atoms with Crippen LogP contribution in [0.3, 0.4) is 0 Å². The third-order valence-electron chi connectivity index (χ3n) is 16.1. The number of hydrogen-bond donors (Lipinski definition) is 0. The van der Waals surface area contributed by atoms with Gasteiger partial charge in [0.1, 0.15) is 5.58 Å². The average Bonchev–Trinajstić information content (AvgIpc) is 3.55. The Bertz CT molecular complexity index is 2850. The lowest BCUT2D eigenvalue weighted by atomic mass is 9.35. The number of hydrogen-bond acceptors (Lipinski definition) is 3. The van der Waals surface area contributed by atoms with Gasteiger partial charge >= 0.3 is 0 Å². The molecule has 1 aromatic heterocycles. The lowest BCUT2D eigenvalue weighted by Gasteiger charge is -2.48. The summed E-state index contributed by atoms with van der Waals surface area (Å²) in [5.41, 5.74) is 23.6. The third-order valence-corrected chi connectivity index (χ3v) is 16.1. The monoisotopic (exact) mass is 821 g/mol. The molecule has 0 bridgehead atoms. The van der Waals surface area contributed by atoms with Crippen molar-refractivity contribution in [1.29, 1.82) is 0 Å². The molecule has 62 heavy (non-hydrogen) atoms. The zero-order chi connectivity index (χ0) is 44.4. The first-order chi connectivity index (χ1) is 28.8. The highest BCUT2D eigenvalue weighted by Crippen LogP contribution is 2.54. The fourth-order valence-corrected chi connectivity index (χ4v) is 11.7. The molecule has 6 aromatic rings. The molecule has 0 N–H and O–H groups in total. The zero-order valence-corrected chi connectivity index (χ0v) is 40.7. The molecule has 0 radical (unpaired) electrons. The summed E-state index contributed by atoms with van der Waals surface area (Å²) in [6, 6.07) is 31.7. The van der Waals surface area contributed by atoms with Crippen LogP contribution >= 0.6 is 0 Å². The summed E-state index contributed by atoms with van der Waals surface area (Å²) in [7, 11) is 0. The van der Waals surface area contributed by atoms with Crippen molar-refractivity contribution in [3.8, 4) is 0 Å². The van der Waals surface area contributed by atoms with Gasteiger partial charge in [-0.15, -0.1) is 0 Å². The van der Waals surface area contributed by atoms with E-state index in [2.05, 4.69) is 199 Å². The van der Waals surface area contributed by atoms with Crippen LogP contribution in [0.25, 0.3) is 11.0 Å². The van der Waals surface area contributed by atoms with Crippen molar-refractivity contribution in [2.24, 2.45) is 0 Å². The van der Waals surface area contributed by atoms with Gasteiger partial charge in [0.2, 0.25) is 0 Å². The average molecular weight is 821 g/mol. The maximum Gasteiger partial charge on any atom is 0.297 e. The van der Waals surface area contributed by atoms with E-state index >= 15 is 0 Å². The standard InChI is InChI=1S/C58H69BN2O/c1-34-17-22-49-39(27-34)51-52(62-49)59-44-31-41-43(58(15,16)26-24-56(41,11)12)33-46(44)61(45-32-42-40(28-35(45)2)55(9,10)23-25-57(42,13)14)48-30-37(54(6,7)8)29-47(50(48)59)60(51)38-20-18-36(19-21-38)53(3,4)5/h17-22,27-33H,23-26H2,1-16H3. The van der Waals surface area contributed by atoms with Crippen molar-refractivity contribution in [1.82, 2.24) is 0 Å². The van der Waals surface area contributed by atoms with Crippen LogP contribution in [0.1, 0.15) is 167 Å². The molecule has 5 aromatic carbocycles. The highest BCUT2D eigenvalue weighted by atomic mass is 16.3. The molecule has 0 atom stereocenters. The van der Waals surface area contributed by atoms with E-state index in [-0.39, 0.29) is 39.2 Å². The van der Waals surface area contributed by atoms with E-state index < -0.39 is 0 Å². The zero-order valence-electron chi connectivity index (χ0n) is 40.7. The molecular formula is C58H69BN2O. The second kappa shape index (κ2) is 13.0. The van der Waals surface area contributed by atoms with Crippen LogP contribution in [0.4, 0.5) is 34.1 Å². The molecule has 4 aliphatic rings. The summed E-state index contributed by atoms with van der Waals surface area (Å²) >= 11 is 0. The minimum atomic E-state index is -0.108. The summed E-state index contributed by atoms with van der Waals surface area (Å²) in [6.07, 6.45) is 4.71. The summed E-state index contributed by atoms with van der Waals surface area (Å²) < 4.78 is 7.34. The van der Waals surface area contributed by atoms with Crippen molar-refractivity contribution in [3.63, 3.8) is 0 Å². The van der Waals surface area contributed by atoms with Gasteiger partial charge in [-0.3, -0.25) is 0 Å². The van der Waals surface area contributed by atoms with Crippen molar-refractivity contribution >= 4 is 68.4 Å². The quantitative estimate of drug-likeness (QED) is 0.162. The van der Waals surface area contributed by atoms with Crippen molar-refractivity contribution in [2.75, 3.05) is 9.80 Å². The number of rotatable bonds is 2. The summed E-state index contributed by atoms with van der Waals surface area (Å²) in [5, 5.41) is 1.17. The third kappa shape index (κ3) is 6.04. The minimum Gasteiger partial charge on any atom is -0.468 e. The molecule has 3 nitrogen and oxygen atoms in total. The summed E-state index contributed by atoms with van der Waals surface area (Å²) in [6.45, 7) is 38.3. The molecule has 0 saturated heterocycles. The SMILES string of the molecule is Cc1ccc2oc3c(c2c1)N(c1ccc(C(C)(C)C)cc1)c1cc(C(C)(C)C)cc2c1B3c1cc3c(cc1N2c1cc2c(cc1C)C(C)(C)CCC2(C)C)C(C)(C)CCC3(C)C. The predicted molar refractivity (Wildman–Crippen MR) is 268 cm³/mol. The van der Waals surface area contributed by atoms with Crippen molar-refractivity contribution in [2.45, 2.75) is 169 Å². The Kier molecular flexibility index (Phi) is 8.63. The topological polar surface area (TPSA) is 19.6 Å². The van der Waals surface area contributed by atoms with E-state index in [4.69, 9.17) is 4.42 Å². The molecule has 0 fully saturated rings. The lowest BCUT2D eigenvalue weighted by molar-refractivity contribution is 0.331. The molecule has 0 amide bonds. The van der Waals surface area contributed by atoms with Gasteiger partial charge in [-0.05, 0) is 170 Å². The number of nitrogens with zero attached hydrogens (tertiary/aromatic N) is 2. The van der Waals surface area contributed by atoms with Gasteiger partial charge in [-0.1, -0.05) is 133 Å². The van der Waals surface area contributed by atoms with E-state index in [0.29, 0.717) is 0 Å². The second-order valence-electron chi connectivity index (χ2n) is 24.6. The van der Waals surface area contributed by atoms with Gasteiger partial charge in [-0.25, -0.2) is 0 Å². The first kappa shape index (κ1) is 41.3. The van der Waals surface area contributed by atoms with E-state index in [1.165, 1.54) is 115 Å². The Morgan fingerprint density at radius 2 is 1.02 bits per heavy atom. The highest BCUT2D eigenvalue weighted by molar-refractivity contribution is 7.00. The second-order valence-corrected chi connectivity index (χ2v) is 24.6. The molecular weight excluding hydrogens is 751 g/mol. The lowest BCUT2D eigenvalue weighted by Crippen LogP contribution is -2.61. The van der Waals surface area contributed by atoms with Crippen LogP contribution in [0.2, 0.25) is 0 Å². The Morgan fingerprint density at radius 3 is 1.56 bits per heavy atom. The van der Waals surface area contributed by atoms with E-state index in [0.717, 1.165) is 16.9 Å². The van der Waals surface area contributed by atoms with Crippen LogP contribution in [-0.2, 0) is 32.5 Å². The molecule has 320 valence electrons. The Labute approximate surface area is 373 Å². The normalized spacial score (nSPS) is 19.1. The van der Waals surface area contributed by atoms with Gasteiger partial charge in [-0.2, -0.15) is 0 Å². The molecule has 0 unspecified atom stereocenters. The number of aryl methyl sites for hydroxylation is 2. The minimum absolute atomic E-state index is 0.0453. The molecule has 3 heterocycles. The number of benzene rings is 5. The van der Waals surface area contributed by atoms with Crippen molar-refractivity contribution < 1.29 is 4.42 Å². The van der Waals surface area contributed by atoms with Crippen LogP contribution < -0.4 is 26.4 Å².